The first-order chi connectivity index (χ1) is 12.6. The predicted octanol–water partition coefficient (Wildman–Crippen LogP) is 2.37. The van der Waals surface area contributed by atoms with Crippen LogP contribution in [-0.2, 0) is 16.1 Å². The number of benzene rings is 2. The molecule has 2 aromatic carbocycles. The van der Waals surface area contributed by atoms with Crippen LogP contribution >= 0.6 is 0 Å². The van der Waals surface area contributed by atoms with Crippen LogP contribution in [0.1, 0.15) is 12.0 Å². The molecule has 1 heterocycles. The maximum absolute atomic E-state index is 12.7. The summed E-state index contributed by atoms with van der Waals surface area (Å²) in [6, 6.07) is 14.9. The number of nitrogens with one attached hydrogen (secondary N) is 1. The van der Waals surface area contributed by atoms with E-state index in [0.717, 1.165) is 5.56 Å². The summed E-state index contributed by atoms with van der Waals surface area (Å²) < 4.78 is 10.5. The topological polar surface area (TPSA) is 67.9 Å². The molecule has 2 amide bonds. The number of anilines is 1. The fourth-order valence-corrected chi connectivity index (χ4v) is 3.08. The molecule has 0 bridgehead atoms. The number of ether oxygens (including phenoxy) is 2. The molecule has 6 nitrogen and oxygen atoms in total. The second kappa shape index (κ2) is 7.91. The van der Waals surface area contributed by atoms with E-state index in [-0.39, 0.29) is 11.8 Å². The Morgan fingerprint density at radius 2 is 1.85 bits per heavy atom. The zero-order valence-corrected chi connectivity index (χ0v) is 14.9. The number of nitrogens with zero attached hydrogens (tertiary/aromatic N) is 1. The molecule has 0 aliphatic carbocycles. The van der Waals surface area contributed by atoms with E-state index < -0.39 is 5.92 Å². The van der Waals surface area contributed by atoms with Gasteiger partial charge in [0.25, 0.3) is 0 Å². The molecule has 136 valence electrons. The summed E-state index contributed by atoms with van der Waals surface area (Å²) in [5.74, 6) is 0.0613. The van der Waals surface area contributed by atoms with Crippen LogP contribution in [0.2, 0.25) is 0 Å². The van der Waals surface area contributed by atoms with Crippen molar-refractivity contribution < 1.29 is 19.1 Å². The van der Waals surface area contributed by atoms with Crippen molar-refractivity contribution in [3.8, 4) is 11.5 Å². The van der Waals surface area contributed by atoms with Crippen molar-refractivity contribution in [3.63, 3.8) is 0 Å². The molecule has 1 aliphatic rings. The van der Waals surface area contributed by atoms with Gasteiger partial charge in [0.1, 0.15) is 5.92 Å². The zero-order chi connectivity index (χ0) is 18.5. The number of hydrogen-bond acceptors (Lipinski definition) is 4. The van der Waals surface area contributed by atoms with Crippen molar-refractivity contribution in [2.24, 2.45) is 5.92 Å². The number of methoxy groups -OCH3 is 2. The van der Waals surface area contributed by atoms with Crippen molar-refractivity contribution in [1.82, 2.24) is 5.32 Å². The Balaban J connectivity index is 1.67. The Kier molecular flexibility index (Phi) is 5.41. The molecule has 0 aromatic heterocycles. The fraction of sp³-hybridized carbons (Fsp3) is 0.300. The number of carbonyl (C=O) groups excluding carboxylic acids is 2. The van der Waals surface area contributed by atoms with Gasteiger partial charge in [-0.3, -0.25) is 9.59 Å². The van der Waals surface area contributed by atoms with Gasteiger partial charge in [-0.25, -0.2) is 0 Å². The smallest absolute Gasteiger partial charge is 0.239 e. The first-order valence-corrected chi connectivity index (χ1v) is 8.49. The van der Waals surface area contributed by atoms with Crippen molar-refractivity contribution in [2.45, 2.75) is 13.0 Å². The maximum Gasteiger partial charge on any atom is 0.239 e. The Morgan fingerprint density at radius 3 is 2.54 bits per heavy atom. The van der Waals surface area contributed by atoms with Crippen molar-refractivity contribution >= 4 is 17.5 Å². The van der Waals surface area contributed by atoms with E-state index in [9.17, 15) is 9.59 Å². The van der Waals surface area contributed by atoms with Gasteiger partial charge in [0.05, 0.1) is 14.2 Å². The molecular formula is C20H22N2O4. The first kappa shape index (κ1) is 17.8. The molecule has 1 saturated heterocycles. The zero-order valence-electron chi connectivity index (χ0n) is 14.9. The monoisotopic (exact) mass is 354 g/mol. The second-order valence-corrected chi connectivity index (χ2v) is 6.07. The van der Waals surface area contributed by atoms with Gasteiger partial charge < -0.3 is 19.7 Å². The van der Waals surface area contributed by atoms with Crippen molar-refractivity contribution in [3.05, 3.63) is 54.1 Å². The molecule has 1 fully saturated rings. The largest absolute Gasteiger partial charge is 0.493 e. The standard InChI is InChI=1S/C20H22N2O4/c1-25-17-9-8-15(12-18(17)26-2)22-11-10-16(20(22)24)19(23)21-13-14-6-4-3-5-7-14/h3-9,12,16H,10-11,13H2,1-2H3,(H,21,23). The number of rotatable bonds is 6. The van der Waals surface area contributed by atoms with Crippen LogP contribution in [0.4, 0.5) is 5.69 Å². The molecule has 1 N–H and O–H groups in total. The number of carbonyl (C=O) groups is 2. The molecule has 2 aromatic rings. The SMILES string of the molecule is COc1ccc(N2CCC(C(=O)NCc3ccccc3)C2=O)cc1OC. The third kappa shape index (κ3) is 3.64. The average molecular weight is 354 g/mol. The van der Waals surface area contributed by atoms with Crippen LogP contribution < -0.4 is 19.7 Å². The van der Waals surface area contributed by atoms with Crippen LogP contribution in [0, 0.1) is 5.92 Å². The molecule has 3 rings (SSSR count). The maximum atomic E-state index is 12.7. The molecule has 0 saturated carbocycles. The van der Waals surface area contributed by atoms with Gasteiger partial charge in [0.15, 0.2) is 11.5 Å². The molecule has 0 radical (unpaired) electrons. The van der Waals surface area contributed by atoms with Gasteiger partial charge in [-0.05, 0) is 24.1 Å². The second-order valence-electron chi connectivity index (χ2n) is 6.07. The summed E-state index contributed by atoms with van der Waals surface area (Å²) in [5.41, 5.74) is 1.70. The normalized spacial score (nSPS) is 16.5. The Hall–Kier alpha value is -3.02. The van der Waals surface area contributed by atoms with Crippen LogP contribution in [0.5, 0.6) is 11.5 Å². The van der Waals surface area contributed by atoms with Crippen LogP contribution in [-0.4, -0.2) is 32.6 Å². The van der Waals surface area contributed by atoms with Crippen LogP contribution in [0.3, 0.4) is 0 Å². The molecule has 1 atom stereocenters. The van der Waals surface area contributed by atoms with Gasteiger partial charge >= 0.3 is 0 Å². The number of amides is 2. The van der Waals surface area contributed by atoms with E-state index in [1.165, 1.54) is 0 Å². The lowest BCUT2D eigenvalue weighted by Crippen LogP contribution is -2.36. The van der Waals surface area contributed by atoms with Gasteiger partial charge in [-0.15, -0.1) is 0 Å². The highest BCUT2D eigenvalue weighted by molar-refractivity contribution is 6.09. The highest BCUT2D eigenvalue weighted by Gasteiger charge is 2.37. The lowest BCUT2D eigenvalue weighted by atomic mass is 10.1. The summed E-state index contributed by atoms with van der Waals surface area (Å²) in [7, 11) is 3.11. The van der Waals surface area contributed by atoms with Gasteiger partial charge in [0, 0.05) is 24.8 Å². The third-order valence-electron chi connectivity index (χ3n) is 4.51. The summed E-state index contributed by atoms with van der Waals surface area (Å²) in [4.78, 5) is 26.8. The van der Waals surface area contributed by atoms with Gasteiger partial charge in [0.2, 0.25) is 11.8 Å². The first-order valence-electron chi connectivity index (χ1n) is 8.49. The van der Waals surface area contributed by atoms with E-state index in [1.54, 1.807) is 37.3 Å². The minimum atomic E-state index is -0.660. The Morgan fingerprint density at radius 1 is 1.12 bits per heavy atom. The minimum absolute atomic E-state index is 0.192. The quantitative estimate of drug-likeness (QED) is 0.809. The summed E-state index contributed by atoms with van der Waals surface area (Å²) in [6.07, 6.45) is 0.494. The lowest BCUT2D eigenvalue weighted by molar-refractivity contribution is -0.132. The van der Waals surface area contributed by atoms with E-state index in [0.29, 0.717) is 36.7 Å². The van der Waals surface area contributed by atoms with Crippen LogP contribution in [0.25, 0.3) is 0 Å². The van der Waals surface area contributed by atoms with Crippen molar-refractivity contribution in [1.29, 1.82) is 0 Å². The molecular weight excluding hydrogens is 332 g/mol. The highest BCUT2D eigenvalue weighted by atomic mass is 16.5. The molecule has 1 aliphatic heterocycles. The predicted molar refractivity (Wildman–Crippen MR) is 98.3 cm³/mol. The lowest BCUT2D eigenvalue weighted by Gasteiger charge is -2.18. The summed E-state index contributed by atoms with van der Waals surface area (Å²) >= 11 is 0. The van der Waals surface area contributed by atoms with E-state index in [4.69, 9.17) is 9.47 Å². The molecule has 0 spiro atoms. The highest BCUT2D eigenvalue weighted by Crippen LogP contribution is 2.34. The van der Waals surface area contributed by atoms with E-state index in [2.05, 4.69) is 5.32 Å². The number of hydrogen-bond donors (Lipinski definition) is 1. The Bertz CT molecular complexity index is 792. The summed E-state index contributed by atoms with van der Waals surface area (Å²) in [6.45, 7) is 0.914. The average Bonchev–Trinajstić information content (AvgIpc) is 3.07. The third-order valence-corrected chi connectivity index (χ3v) is 4.51. The summed E-state index contributed by atoms with van der Waals surface area (Å²) in [5, 5.41) is 2.85. The molecule has 6 heteroatoms. The van der Waals surface area contributed by atoms with E-state index >= 15 is 0 Å². The van der Waals surface area contributed by atoms with Crippen molar-refractivity contribution in [2.75, 3.05) is 25.7 Å². The molecule has 1 unspecified atom stereocenters. The minimum Gasteiger partial charge on any atom is -0.493 e. The van der Waals surface area contributed by atoms with Crippen LogP contribution in [0.15, 0.2) is 48.5 Å². The fourth-order valence-electron chi connectivity index (χ4n) is 3.08. The van der Waals surface area contributed by atoms with Gasteiger partial charge in [-0.2, -0.15) is 0 Å². The van der Waals surface area contributed by atoms with Gasteiger partial charge in [-0.1, -0.05) is 30.3 Å². The van der Waals surface area contributed by atoms with E-state index in [1.807, 2.05) is 30.3 Å². The Labute approximate surface area is 152 Å². The molecule has 26 heavy (non-hydrogen) atoms.